The molecule has 0 radical (unpaired) electrons. The van der Waals surface area contributed by atoms with Gasteiger partial charge in [0.15, 0.2) is 5.78 Å². The SMILES string of the molecule is Cc1cc(O)c(C(=O)/C=C\N2CCCCC2)c(=O)o1. The molecule has 1 aromatic heterocycles. The van der Waals surface area contributed by atoms with Crippen LogP contribution in [0.4, 0.5) is 0 Å². The van der Waals surface area contributed by atoms with Crippen LogP contribution in [-0.2, 0) is 0 Å². The molecule has 1 saturated heterocycles. The van der Waals surface area contributed by atoms with Crippen LogP contribution in [0.5, 0.6) is 5.75 Å². The Kier molecular flexibility index (Phi) is 4.04. The van der Waals surface area contributed by atoms with Crippen molar-refractivity contribution in [2.24, 2.45) is 0 Å². The van der Waals surface area contributed by atoms with Gasteiger partial charge in [-0.25, -0.2) is 4.79 Å². The molecule has 0 aromatic carbocycles. The molecule has 2 heterocycles. The van der Waals surface area contributed by atoms with Crippen molar-refractivity contribution in [3.63, 3.8) is 0 Å². The molecule has 19 heavy (non-hydrogen) atoms. The van der Waals surface area contributed by atoms with Gasteiger partial charge in [0.2, 0.25) is 0 Å². The zero-order valence-corrected chi connectivity index (χ0v) is 10.9. The standard InChI is InChI=1S/C14H17NO4/c1-10-9-12(17)13(14(18)19-10)11(16)5-8-15-6-3-2-4-7-15/h5,8-9,17H,2-4,6-7H2,1H3/b8-5-. The van der Waals surface area contributed by atoms with E-state index < -0.39 is 11.4 Å². The number of carbonyl (C=O) groups is 1. The lowest BCUT2D eigenvalue weighted by molar-refractivity contribution is 0.103. The van der Waals surface area contributed by atoms with Crippen molar-refractivity contribution < 1.29 is 14.3 Å². The second-order valence-corrected chi connectivity index (χ2v) is 4.68. The normalized spacial score (nSPS) is 15.9. The number of aryl methyl sites for hydroxylation is 1. The van der Waals surface area contributed by atoms with Gasteiger partial charge in [0.05, 0.1) is 0 Å². The summed E-state index contributed by atoms with van der Waals surface area (Å²) in [5.41, 5.74) is -1.11. The Morgan fingerprint density at radius 2 is 2.05 bits per heavy atom. The predicted molar refractivity (Wildman–Crippen MR) is 70.3 cm³/mol. The van der Waals surface area contributed by atoms with Crippen molar-refractivity contribution in [3.05, 3.63) is 40.1 Å². The van der Waals surface area contributed by atoms with Crippen molar-refractivity contribution >= 4 is 5.78 Å². The highest BCUT2D eigenvalue weighted by Crippen LogP contribution is 2.16. The second kappa shape index (κ2) is 5.73. The van der Waals surface area contributed by atoms with Crippen molar-refractivity contribution in [1.82, 2.24) is 4.90 Å². The van der Waals surface area contributed by atoms with E-state index in [1.807, 2.05) is 4.90 Å². The van der Waals surface area contributed by atoms with E-state index in [1.165, 1.54) is 18.6 Å². The molecule has 1 aliphatic rings. The number of carbonyl (C=O) groups excluding carboxylic acids is 1. The van der Waals surface area contributed by atoms with E-state index in [2.05, 4.69) is 0 Å². The molecule has 0 bridgehead atoms. The molecule has 1 aliphatic heterocycles. The molecule has 0 atom stereocenters. The predicted octanol–water partition coefficient (Wildman–Crippen LogP) is 1.84. The third kappa shape index (κ3) is 3.24. The summed E-state index contributed by atoms with van der Waals surface area (Å²) in [5, 5.41) is 9.65. The molecule has 0 unspecified atom stereocenters. The zero-order valence-electron chi connectivity index (χ0n) is 10.9. The maximum atomic E-state index is 11.9. The van der Waals surface area contributed by atoms with Gasteiger partial charge in [0, 0.05) is 31.4 Å². The first kappa shape index (κ1) is 13.4. The van der Waals surface area contributed by atoms with E-state index in [1.54, 1.807) is 13.1 Å². The number of aromatic hydroxyl groups is 1. The number of piperidine rings is 1. The Labute approximate surface area is 111 Å². The molecule has 102 valence electrons. The molecule has 5 heteroatoms. The summed E-state index contributed by atoms with van der Waals surface area (Å²) in [6.07, 6.45) is 6.42. The summed E-state index contributed by atoms with van der Waals surface area (Å²) in [7, 11) is 0. The Balaban J connectivity index is 2.16. The number of ketones is 1. The molecule has 0 spiro atoms. The lowest BCUT2D eigenvalue weighted by atomic mass is 10.1. The maximum Gasteiger partial charge on any atom is 0.351 e. The fourth-order valence-corrected chi connectivity index (χ4v) is 2.15. The van der Waals surface area contributed by atoms with Crippen LogP contribution < -0.4 is 5.63 Å². The lowest BCUT2D eigenvalue weighted by Gasteiger charge is -2.24. The third-order valence-corrected chi connectivity index (χ3v) is 3.13. The highest BCUT2D eigenvalue weighted by atomic mass is 16.4. The van der Waals surface area contributed by atoms with Gasteiger partial charge < -0.3 is 14.4 Å². The number of nitrogens with zero attached hydrogens (tertiary/aromatic N) is 1. The van der Waals surface area contributed by atoms with Crippen LogP contribution in [0.15, 0.2) is 27.6 Å². The molecular formula is C14H17NO4. The topological polar surface area (TPSA) is 70.8 Å². The Morgan fingerprint density at radius 1 is 1.37 bits per heavy atom. The van der Waals surface area contributed by atoms with E-state index in [0.717, 1.165) is 25.9 Å². The van der Waals surface area contributed by atoms with Gasteiger partial charge in [-0.3, -0.25) is 4.79 Å². The molecular weight excluding hydrogens is 246 g/mol. The number of allylic oxidation sites excluding steroid dienone is 1. The molecule has 1 fully saturated rings. The number of likely N-dealkylation sites (tertiary alicyclic amines) is 1. The molecule has 2 rings (SSSR count). The minimum Gasteiger partial charge on any atom is -0.507 e. The van der Waals surface area contributed by atoms with Crippen LogP contribution in [0.1, 0.15) is 35.4 Å². The van der Waals surface area contributed by atoms with Gasteiger partial charge in [-0.2, -0.15) is 0 Å². The van der Waals surface area contributed by atoms with Crippen molar-refractivity contribution in [2.75, 3.05) is 13.1 Å². The van der Waals surface area contributed by atoms with E-state index in [-0.39, 0.29) is 17.1 Å². The summed E-state index contributed by atoms with van der Waals surface area (Å²) in [6, 6.07) is 1.27. The molecule has 0 aliphatic carbocycles. The van der Waals surface area contributed by atoms with Gasteiger partial charge in [0.25, 0.3) is 0 Å². The van der Waals surface area contributed by atoms with Gasteiger partial charge >= 0.3 is 5.63 Å². The largest absolute Gasteiger partial charge is 0.507 e. The molecule has 0 saturated carbocycles. The summed E-state index contributed by atoms with van der Waals surface area (Å²) >= 11 is 0. The Hall–Kier alpha value is -2.04. The third-order valence-electron chi connectivity index (χ3n) is 3.13. The first-order valence-corrected chi connectivity index (χ1v) is 6.38. The fourth-order valence-electron chi connectivity index (χ4n) is 2.15. The van der Waals surface area contributed by atoms with Crippen LogP contribution in [0.2, 0.25) is 0 Å². The minimum absolute atomic E-state index is 0.277. The average molecular weight is 263 g/mol. The first-order chi connectivity index (χ1) is 9.08. The van der Waals surface area contributed by atoms with E-state index in [0.29, 0.717) is 0 Å². The van der Waals surface area contributed by atoms with Crippen LogP contribution in [-0.4, -0.2) is 28.9 Å². The number of hydrogen-bond donors (Lipinski definition) is 1. The van der Waals surface area contributed by atoms with Crippen LogP contribution in [0.3, 0.4) is 0 Å². The summed E-state index contributed by atoms with van der Waals surface area (Å²) in [6.45, 7) is 3.37. The molecule has 5 nitrogen and oxygen atoms in total. The highest BCUT2D eigenvalue weighted by molar-refractivity contribution is 6.05. The number of hydrogen-bond acceptors (Lipinski definition) is 5. The molecule has 1 N–H and O–H groups in total. The van der Waals surface area contributed by atoms with Crippen LogP contribution in [0.25, 0.3) is 0 Å². The van der Waals surface area contributed by atoms with Crippen molar-refractivity contribution in [2.45, 2.75) is 26.2 Å². The highest BCUT2D eigenvalue weighted by Gasteiger charge is 2.16. The lowest BCUT2D eigenvalue weighted by Crippen LogP contribution is -2.24. The smallest absolute Gasteiger partial charge is 0.351 e. The van der Waals surface area contributed by atoms with Gasteiger partial charge in [-0.05, 0) is 26.2 Å². The van der Waals surface area contributed by atoms with Gasteiger partial charge in [-0.15, -0.1) is 0 Å². The Morgan fingerprint density at radius 3 is 2.68 bits per heavy atom. The van der Waals surface area contributed by atoms with Crippen LogP contribution in [0, 0.1) is 6.92 Å². The molecule has 1 aromatic rings. The molecule has 0 amide bonds. The minimum atomic E-state index is -0.800. The summed E-state index contributed by atoms with van der Waals surface area (Å²) in [4.78, 5) is 25.5. The first-order valence-electron chi connectivity index (χ1n) is 6.38. The van der Waals surface area contributed by atoms with E-state index in [9.17, 15) is 14.7 Å². The zero-order chi connectivity index (χ0) is 13.8. The second-order valence-electron chi connectivity index (χ2n) is 4.68. The van der Waals surface area contributed by atoms with Crippen LogP contribution >= 0.6 is 0 Å². The maximum absolute atomic E-state index is 11.9. The van der Waals surface area contributed by atoms with E-state index >= 15 is 0 Å². The summed E-state index contributed by atoms with van der Waals surface area (Å²) < 4.78 is 4.82. The van der Waals surface area contributed by atoms with Crippen molar-refractivity contribution in [3.8, 4) is 5.75 Å². The Bertz CT molecular complexity index is 553. The average Bonchev–Trinajstić information content (AvgIpc) is 2.36. The fraction of sp³-hybridized carbons (Fsp3) is 0.429. The van der Waals surface area contributed by atoms with Gasteiger partial charge in [-0.1, -0.05) is 0 Å². The van der Waals surface area contributed by atoms with Gasteiger partial charge in [0.1, 0.15) is 17.1 Å². The monoisotopic (exact) mass is 263 g/mol. The van der Waals surface area contributed by atoms with E-state index in [4.69, 9.17) is 4.42 Å². The van der Waals surface area contributed by atoms with Crippen molar-refractivity contribution in [1.29, 1.82) is 0 Å². The number of rotatable bonds is 3. The quantitative estimate of drug-likeness (QED) is 0.665. The summed E-state index contributed by atoms with van der Waals surface area (Å²) in [5.74, 6) is -0.585.